The summed E-state index contributed by atoms with van der Waals surface area (Å²) in [5.74, 6) is -0.423. The highest BCUT2D eigenvalue weighted by Gasteiger charge is 2.11. The number of nitrogens with zero attached hydrogens (tertiary/aromatic N) is 1. The number of carbonyl (C=O) groups is 2. The van der Waals surface area contributed by atoms with E-state index in [4.69, 9.17) is 11.6 Å². The second-order valence-electron chi connectivity index (χ2n) is 5.81. The predicted molar refractivity (Wildman–Crippen MR) is 102 cm³/mol. The highest BCUT2D eigenvalue weighted by Crippen LogP contribution is 2.28. The Morgan fingerprint density at radius 1 is 1.08 bits per heavy atom. The Kier molecular flexibility index (Phi) is 5.01. The zero-order chi connectivity index (χ0) is 18.0. The molecule has 0 atom stereocenters. The van der Waals surface area contributed by atoms with E-state index < -0.39 is 0 Å². The van der Waals surface area contributed by atoms with Crippen molar-refractivity contribution in [1.29, 1.82) is 0 Å². The van der Waals surface area contributed by atoms with Crippen LogP contribution < -0.4 is 10.6 Å². The summed E-state index contributed by atoms with van der Waals surface area (Å²) in [5, 5.41) is 6.72. The van der Waals surface area contributed by atoms with Crippen molar-refractivity contribution in [3.63, 3.8) is 0 Å². The molecule has 0 fully saturated rings. The van der Waals surface area contributed by atoms with Crippen molar-refractivity contribution in [1.82, 2.24) is 4.98 Å². The van der Waals surface area contributed by atoms with E-state index in [2.05, 4.69) is 15.6 Å². The van der Waals surface area contributed by atoms with Crippen molar-refractivity contribution in [2.75, 3.05) is 10.6 Å². The maximum Gasteiger partial charge on any atom is 0.257 e. The lowest BCUT2D eigenvalue weighted by Gasteiger charge is -2.08. The first-order valence-electron chi connectivity index (χ1n) is 7.71. The normalized spacial score (nSPS) is 10.9. The van der Waals surface area contributed by atoms with Crippen molar-refractivity contribution in [3.8, 4) is 0 Å². The molecule has 2 aromatic carbocycles. The van der Waals surface area contributed by atoms with Gasteiger partial charge in [-0.15, -0.1) is 0 Å². The minimum atomic E-state index is -0.258. The Labute approximate surface area is 154 Å². The lowest BCUT2D eigenvalue weighted by molar-refractivity contribution is -0.118. The maximum absolute atomic E-state index is 12.3. The van der Waals surface area contributed by atoms with Crippen LogP contribution in [0.2, 0.25) is 5.02 Å². The summed E-state index contributed by atoms with van der Waals surface area (Å²) in [6, 6.07) is 12.1. The molecule has 25 heavy (non-hydrogen) atoms. The predicted octanol–water partition coefficient (Wildman–Crippen LogP) is 4.80. The fourth-order valence-electron chi connectivity index (χ4n) is 2.11. The summed E-state index contributed by atoms with van der Waals surface area (Å²) in [7, 11) is 0. The number of fused-ring (bicyclic) bond motifs is 1. The monoisotopic (exact) mass is 373 g/mol. The quantitative estimate of drug-likeness (QED) is 0.690. The molecule has 0 aliphatic rings. The van der Waals surface area contributed by atoms with Gasteiger partial charge in [0.2, 0.25) is 5.91 Å². The van der Waals surface area contributed by atoms with Crippen LogP contribution in [-0.2, 0) is 4.79 Å². The van der Waals surface area contributed by atoms with Crippen molar-refractivity contribution >= 4 is 55.8 Å². The Bertz CT molecular complexity index is 935. The highest BCUT2D eigenvalue weighted by molar-refractivity contribution is 7.22. The molecule has 0 bridgehead atoms. The van der Waals surface area contributed by atoms with Crippen molar-refractivity contribution < 1.29 is 9.59 Å². The summed E-state index contributed by atoms with van der Waals surface area (Å²) in [4.78, 5) is 28.4. The Morgan fingerprint density at radius 2 is 1.80 bits per heavy atom. The van der Waals surface area contributed by atoms with Crippen LogP contribution >= 0.6 is 22.9 Å². The number of carbonyl (C=O) groups excluding carboxylic acids is 2. The Morgan fingerprint density at radius 3 is 2.48 bits per heavy atom. The van der Waals surface area contributed by atoms with Gasteiger partial charge in [-0.25, -0.2) is 4.98 Å². The van der Waals surface area contributed by atoms with Gasteiger partial charge in [-0.05, 0) is 42.5 Å². The van der Waals surface area contributed by atoms with Gasteiger partial charge < -0.3 is 5.32 Å². The Hall–Kier alpha value is -2.44. The van der Waals surface area contributed by atoms with Gasteiger partial charge in [0.1, 0.15) is 0 Å². The highest BCUT2D eigenvalue weighted by atomic mass is 35.5. The lowest BCUT2D eigenvalue weighted by Crippen LogP contribution is -2.18. The first-order chi connectivity index (χ1) is 11.9. The molecule has 0 spiro atoms. The molecule has 0 saturated heterocycles. The van der Waals surface area contributed by atoms with Crippen LogP contribution in [0.15, 0.2) is 42.5 Å². The standard InChI is InChI=1S/C18H16ClN3O2S/c1-10(2)16(23)20-13-6-3-11(4-7-13)17(24)22-18-21-14-8-5-12(19)9-15(14)25-18/h3-10H,1-2H3,(H,20,23)(H,21,22,24). The number of hydrogen-bond donors (Lipinski definition) is 2. The third kappa shape index (κ3) is 4.15. The second kappa shape index (κ2) is 7.21. The average molecular weight is 374 g/mol. The van der Waals surface area contributed by atoms with Crippen LogP contribution in [0, 0.1) is 5.92 Å². The van der Waals surface area contributed by atoms with Gasteiger partial charge in [-0.3, -0.25) is 14.9 Å². The molecule has 7 heteroatoms. The van der Waals surface area contributed by atoms with E-state index in [1.807, 2.05) is 26.0 Å². The molecule has 0 aliphatic carbocycles. The number of thiazole rings is 1. The summed E-state index contributed by atoms with van der Waals surface area (Å²) in [6.07, 6.45) is 0. The number of nitrogens with one attached hydrogen (secondary N) is 2. The van der Waals surface area contributed by atoms with Gasteiger partial charge in [0.15, 0.2) is 5.13 Å². The number of halogens is 1. The second-order valence-corrected chi connectivity index (χ2v) is 7.27. The third-order valence-electron chi connectivity index (χ3n) is 3.51. The first kappa shape index (κ1) is 17.4. The van der Waals surface area contributed by atoms with Crippen LogP contribution in [0.25, 0.3) is 10.2 Å². The molecule has 1 heterocycles. The summed E-state index contributed by atoms with van der Waals surface area (Å²) >= 11 is 7.33. The zero-order valence-electron chi connectivity index (χ0n) is 13.7. The Balaban J connectivity index is 1.70. The smallest absolute Gasteiger partial charge is 0.257 e. The van der Waals surface area contributed by atoms with Crippen molar-refractivity contribution in [2.24, 2.45) is 5.92 Å². The minimum Gasteiger partial charge on any atom is -0.326 e. The molecule has 5 nitrogen and oxygen atoms in total. The molecule has 0 aliphatic heterocycles. The van der Waals surface area contributed by atoms with Crippen LogP contribution in [0.4, 0.5) is 10.8 Å². The molecule has 2 amide bonds. The SMILES string of the molecule is CC(C)C(=O)Nc1ccc(C(=O)Nc2nc3ccc(Cl)cc3s2)cc1. The van der Waals surface area contributed by atoms with Gasteiger partial charge in [0, 0.05) is 22.2 Å². The van der Waals surface area contributed by atoms with Crippen LogP contribution in [0.3, 0.4) is 0 Å². The fourth-order valence-corrected chi connectivity index (χ4v) is 3.25. The average Bonchev–Trinajstić information content (AvgIpc) is 2.96. The largest absolute Gasteiger partial charge is 0.326 e. The third-order valence-corrected chi connectivity index (χ3v) is 4.68. The van der Waals surface area contributed by atoms with Gasteiger partial charge in [-0.1, -0.05) is 36.8 Å². The van der Waals surface area contributed by atoms with E-state index in [0.29, 0.717) is 21.4 Å². The fraction of sp³-hybridized carbons (Fsp3) is 0.167. The van der Waals surface area contributed by atoms with E-state index in [1.165, 1.54) is 11.3 Å². The molecule has 3 rings (SSSR count). The number of hydrogen-bond acceptors (Lipinski definition) is 4. The molecule has 0 unspecified atom stereocenters. The van der Waals surface area contributed by atoms with Gasteiger partial charge >= 0.3 is 0 Å². The molecule has 0 saturated carbocycles. The summed E-state index contributed by atoms with van der Waals surface area (Å²) in [5.41, 5.74) is 1.93. The minimum absolute atomic E-state index is 0.0645. The molecule has 3 aromatic rings. The summed E-state index contributed by atoms with van der Waals surface area (Å²) in [6.45, 7) is 3.64. The van der Waals surface area contributed by atoms with Gasteiger partial charge in [0.05, 0.1) is 10.2 Å². The number of amides is 2. The number of anilines is 2. The number of rotatable bonds is 4. The van der Waals surface area contributed by atoms with E-state index in [1.54, 1.807) is 30.3 Å². The van der Waals surface area contributed by atoms with E-state index in [9.17, 15) is 9.59 Å². The van der Waals surface area contributed by atoms with Crippen molar-refractivity contribution in [3.05, 3.63) is 53.1 Å². The molecule has 0 radical (unpaired) electrons. The number of aromatic nitrogens is 1. The van der Waals surface area contributed by atoms with Crippen LogP contribution in [0.1, 0.15) is 24.2 Å². The topological polar surface area (TPSA) is 71.1 Å². The molecule has 128 valence electrons. The van der Waals surface area contributed by atoms with Gasteiger partial charge in [0.25, 0.3) is 5.91 Å². The van der Waals surface area contributed by atoms with E-state index >= 15 is 0 Å². The molecule has 2 N–H and O–H groups in total. The van der Waals surface area contributed by atoms with E-state index in [-0.39, 0.29) is 17.7 Å². The molecular formula is C18H16ClN3O2S. The van der Waals surface area contributed by atoms with E-state index in [0.717, 1.165) is 10.2 Å². The number of benzene rings is 2. The summed E-state index contributed by atoms with van der Waals surface area (Å²) < 4.78 is 0.912. The lowest BCUT2D eigenvalue weighted by atomic mass is 10.1. The van der Waals surface area contributed by atoms with Crippen molar-refractivity contribution in [2.45, 2.75) is 13.8 Å². The molecule has 1 aromatic heterocycles. The van der Waals surface area contributed by atoms with Crippen LogP contribution in [0.5, 0.6) is 0 Å². The maximum atomic E-state index is 12.3. The van der Waals surface area contributed by atoms with Gasteiger partial charge in [-0.2, -0.15) is 0 Å². The molecular weight excluding hydrogens is 358 g/mol. The zero-order valence-corrected chi connectivity index (χ0v) is 15.2. The first-order valence-corrected chi connectivity index (χ1v) is 8.90. The van der Waals surface area contributed by atoms with Crippen LogP contribution in [-0.4, -0.2) is 16.8 Å².